The molecule has 0 radical (unpaired) electrons. The molecular weight excluding hydrogens is 310 g/mol. The van der Waals surface area contributed by atoms with Crippen molar-refractivity contribution < 1.29 is 5.11 Å². The lowest BCUT2D eigenvalue weighted by Gasteiger charge is -2.42. The molecule has 1 atom stereocenters. The predicted molar refractivity (Wildman–Crippen MR) is 79.0 cm³/mol. The Balaban J connectivity index is 1.91. The third-order valence-corrected chi connectivity index (χ3v) is 6.53. The highest BCUT2D eigenvalue weighted by Crippen LogP contribution is 2.48. The molecule has 2 nitrogen and oxygen atoms in total. The summed E-state index contributed by atoms with van der Waals surface area (Å²) in [6.45, 7) is 2.33. The molecule has 0 bridgehead atoms. The van der Waals surface area contributed by atoms with Crippen LogP contribution < -0.4 is 0 Å². The Kier molecular flexibility index (Phi) is 3.81. The number of aliphatic hydroxyl groups is 1. The Labute approximate surface area is 121 Å². The summed E-state index contributed by atoms with van der Waals surface area (Å²) in [5, 5.41) is 13.0. The zero-order valence-electron chi connectivity index (χ0n) is 10.6. The Morgan fingerprint density at radius 3 is 2.44 bits per heavy atom. The van der Waals surface area contributed by atoms with Crippen LogP contribution in [0.15, 0.2) is 15.9 Å². The summed E-state index contributed by atoms with van der Waals surface area (Å²) >= 11 is 5.26. The van der Waals surface area contributed by atoms with E-state index >= 15 is 0 Å². The van der Waals surface area contributed by atoms with Crippen LogP contribution in [-0.4, -0.2) is 28.6 Å². The molecule has 2 fully saturated rings. The molecule has 3 rings (SSSR count). The summed E-state index contributed by atoms with van der Waals surface area (Å²) < 4.78 is 1.07. The van der Waals surface area contributed by atoms with Crippen LogP contribution in [0.1, 0.15) is 49.5 Å². The smallest absolute Gasteiger partial charge is 0.108 e. The fraction of sp³-hybridized carbons (Fsp3) is 0.714. The van der Waals surface area contributed by atoms with Crippen molar-refractivity contribution in [1.29, 1.82) is 0 Å². The Bertz CT molecular complexity index is 408. The van der Waals surface area contributed by atoms with E-state index in [-0.39, 0.29) is 11.6 Å². The van der Waals surface area contributed by atoms with Gasteiger partial charge >= 0.3 is 0 Å². The van der Waals surface area contributed by atoms with E-state index in [1.54, 1.807) is 11.3 Å². The molecule has 4 heteroatoms. The van der Waals surface area contributed by atoms with Gasteiger partial charge in [0.25, 0.3) is 0 Å². The molecule has 1 aromatic rings. The molecule has 100 valence electrons. The maximum absolute atomic E-state index is 10.9. The second-order valence-corrected chi connectivity index (χ2v) is 7.34. The van der Waals surface area contributed by atoms with E-state index in [1.165, 1.54) is 38.8 Å². The van der Waals surface area contributed by atoms with Gasteiger partial charge in [0.2, 0.25) is 0 Å². The number of hydrogen-bond acceptors (Lipinski definition) is 3. The van der Waals surface area contributed by atoms with E-state index < -0.39 is 0 Å². The minimum absolute atomic E-state index is 0.0177. The second kappa shape index (κ2) is 5.23. The maximum Gasteiger partial charge on any atom is 0.108 e. The Hall–Kier alpha value is 0.1000. The van der Waals surface area contributed by atoms with Crippen LogP contribution in [0.4, 0.5) is 0 Å². The van der Waals surface area contributed by atoms with Crippen LogP contribution in [0.2, 0.25) is 0 Å². The first kappa shape index (κ1) is 13.1. The van der Waals surface area contributed by atoms with Crippen LogP contribution in [0.3, 0.4) is 0 Å². The van der Waals surface area contributed by atoms with E-state index in [9.17, 15) is 5.11 Å². The van der Waals surface area contributed by atoms with Crippen molar-refractivity contribution in [3.8, 4) is 0 Å². The van der Waals surface area contributed by atoms with Gasteiger partial charge in [-0.3, -0.25) is 4.90 Å². The molecule has 1 aliphatic carbocycles. The first-order chi connectivity index (χ1) is 8.74. The highest BCUT2D eigenvalue weighted by Gasteiger charge is 2.47. The van der Waals surface area contributed by atoms with Crippen molar-refractivity contribution >= 4 is 27.3 Å². The predicted octanol–water partition coefficient (Wildman–Crippen LogP) is 3.95. The molecule has 2 aliphatic rings. The highest BCUT2D eigenvalue weighted by atomic mass is 79.9. The molecule has 1 aliphatic heterocycles. The quantitative estimate of drug-likeness (QED) is 0.907. The van der Waals surface area contributed by atoms with Crippen LogP contribution in [0, 0.1) is 0 Å². The lowest BCUT2D eigenvalue weighted by molar-refractivity contribution is -0.0179. The van der Waals surface area contributed by atoms with Gasteiger partial charge in [-0.2, -0.15) is 0 Å². The Morgan fingerprint density at radius 2 is 1.89 bits per heavy atom. The van der Waals surface area contributed by atoms with E-state index in [2.05, 4.69) is 32.3 Å². The monoisotopic (exact) mass is 329 g/mol. The average molecular weight is 330 g/mol. The molecule has 0 amide bonds. The van der Waals surface area contributed by atoms with Gasteiger partial charge in [-0.05, 0) is 66.1 Å². The van der Waals surface area contributed by atoms with Crippen molar-refractivity contribution in [2.75, 3.05) is 13.1 Å². The van der Waals surface area contributed by atoms with Gasteiger partial charge in [0.05, 0.1) is 5.54 Å². The number of halogens is 1. The number of likely N-dealkylation sites (tertiary alicyclic amines) is 1. The normalized spacial score (nSPS) is 25.7. The maximum atomic E-state index is 10.9. The summed E-state index contributed by atoms with van der Waals surface area (Å²) in [6.07, 6.45) is 7.08. The van der Waals surface area contributed by atoms with Crippen molar-refractivity contribution in [2.45, 2.75) is 50.2 Å². The van der Waals surface area contributed by atoms with E-state index in [4.69, 9.17) is 0 Å². The summed E-state index contributed by atoms with van der Waals surface area (Å²) in [7, 11) is 0. The van der Waals surface area contributed by atoms with Crippen molar-refractivity contribution in [3.05, 3.63) is 20.8 Å². The molecule has 1 saturated heterocycles. The Morgan fingerprint density at radius 1 is 1.22 bits per heavy atom. The van der Waals surface area contributed by atoms with Gasteiger partial charge < -0.3 is 5.11 Å². The summed E-state index contributed by atoms with van der Waals surface area (Å²) in [4.78, 5) is 3.68. The van der Waals surface area contributed by atoms with Crippen LogP contribution >= 0.6 is 27.3 Å². The highest BCUT2D eigenvalue weighted by molar-refractivity contribution is 9.10. The summed E-state index contributed by atoms with van der Waals surface area (Å²) in [6, 6.07) is 2.05. The van der Waals surface area contributed by atoms with Gasteiger partial charge in [-0.1, -0.05) is 12.8 Å². The average Bonchev–Trinajstić information content (AvgIpc) is 3.10. The third-order valence-electron chi connectivity index (χ3n) is 4.61. The third kappa shape index (κ3) is 2.07. The molecule has 1 N–H and O–H groups in total. The summed E-state index contributed by atoms with van der Waals surface area (Å²) in [5.41, 5.74) is 0.0177. The summed E-state index contributed by atoms with van der Waals surface area (Å²) in [5.74, 6) is 0. The fourth-order valence-electron chi connectivity index (χ4n) is 3.66. The molecule has 0 spiro atoms. The van der Waals surface area contributed by atoms with Gasteiger partial charge in [-0.15, -0.1) is 11.3 Å². The standard InChI is InChI=1S/C14H20BrNOS/c15-11-5-10-18-12(11)13(17)14(6-1-2-7-14)16-8-3-4-9-16/h5,10,13,17H,1-4,6-9H2. The number of rotatable bonds is 3. The molecule has 2 heterocycles. The van der Waals surface area contributed by atoms with Gasteiger partial charge in [0, 0.05) is 9.35 Å². The first-order valence-corrected chi connectivity index (χ1v) is 8.57. The van der Waals surface area contributed by atoms with Gasteiger partial charge in [0.1, 0.15) is 6.10 Å². The SMILES string of the molecule is OC(c1sccc1Br)C1(N2CCCC2)CCCC1. The van der Waals surface area contributed by atoms with E-state index in [0.717, 1.165) is 22.2 Å². The lowest BCUT2D eigenvalue weighted by atomic mass is 9.87. The molecular formula is C14H20BrNOS. The first-order valence-electron chi connectivity index (χ1n) is 6.90. The minimum Gasteiger partial charge on any atom is -0.386 e. The van der Waals surface area contributed by atoms with Crippen LogP contribution in [-0.2, 0) is 0 Å². The number of nitrogens with zero attached hydrogens (tertiary/aromatic N) is 1. The van der Waals surface area contributed by atoms with Crippen LogP contribution in [0.25, 0.3) is 0 Å². The fourth-order valence-corrected chi connectivity index (χ4v) is 5.34. The zero-order chi connectivity index (χ0) is 12.6. The van der Waals surface area contributed by atoms with Gasteiger partial charge in [-0.25, -0.2) is 0 Å². The largest absolute Gasteiger partial charge is 0.386 e. The van der Waals surface area contributed by atoms with Crippen LogP contribution in [0.5, 0.6) is 0 Å². The zero-order valence-corrected chi connectivity index (χ0v) is 13.0. The molecule has 0 aromatic carbocycles. The number of thiophene rings is 1. The van der Waals surface area contributed by atoms with Crippen molar-refractivity contribution in [2.24, 2.45) is 0 Å². The lowest BCUT2D eigenvalue weighted by Crippen LogP contribution is -2.49. The molecule has 1 saturated carbocycles. The van der Waals surface area contributed by atoms with Crippen molar-refractivity contribution in [3.63, 3.8) is 0 Å². The molecule has 1 unspecified atom stereocenters. The second-order valence-electron chi connectivity index (χ2n) is 5.54. The van der Waals surface area contributed by atoms with E-state index in [1.807, 2.05) is 0 Å². The molecule has 1 aromatic heterocycles. The molecule has 18 heavy (non-hydrogen) atoms. The topological polar surface area (TPSA) is 23.5 Å². The minimum atomic E-state index is -0.326. The van der Waals surface area contributed by atoms with Crippen molar-refractivity contribution in [1.82, 2.24) is 4.90 Å². The number of aliphatic hydroxyl groups excluding tert-OH is 1. The van der Waals surface area contributed by atoms with Gasteiger partial charge in [0.15, 0.2) is 0 Å². The van der Waals surface area contributed by atoms with E-state index in [0.29, 0.717) is 0 Å². The number of hydrogen-bond donors (Lipinski definition) is 1.